The van der Waals surface area contributed by atoms with Crippen molar-refractivity contribution < 1.29 is 14.3 Å². The van der Waals surface area contributed by atoms with Gasteiger partial charge in [-0.15, -0.1) is 11.3 Å². The molecule has 4 heterocycles. The highest BCUT2D eigenvalue weighted by Crippen LogP contribution is 2.43. The number of thiazole rings is 1. The average molecular weight is 632 g/mol. The fourth-order valence-electron chi connectivity index (χ4n) is 6.98. The summed E-state index contributed by atoms with van der Waals surface area (Å²) in [4.78, 5) is 27.3. The number of oxazole rings is 1. The first-order chi connectivity index (χ1) is 22.0. The van der Waals surface area contributed by atoms with E-state index in [1.165, 1.54) is 16.1 Å². The van der Waals surface area contributed by atoms with Crippen LogP contribution in [0.25, 0.3) is 44.3 Å². The van der Waals surface area contributed by atoms with Crippen LogP contribution < -0.4 is 0 Å². The molecule has 7 rings (SSSR count). The number of carboxylic acids is 1. The Labute approximate surface area is 272 Å². The van der Waals surface area contributed by atoms with E-state index in [9.17, 15) is 15.2 Å². The van der Waals surface area contributed by atoms with Crippen LogP contribution in [0, 0.1) is 31.1 Å². The van der Waals surface area contributed by atoms with Gasteiger partial charge in [0.25, 0.3) is 0 Å². The van der Waals surface area contributed by atoms with Crippen molar-refractivity contribution in [1.29, 1.82) is 5.26 Å². The van der Waals surface area contributed by atoms with Crippen molar-refractivity contribution in [3.8, 4) is 39.2 Å². The first kappa shape index (κ1) is 30.3. The van der Waals surface area contributed by atoms with Crippen molar-refractivity contribution in [1.82, 2.24) is 19.8 Å². The number of carboxylic acid groups (broad SMARTS) is 1. The van der Waals surface area contributed by atoms with Crippen LogP contribution >= 0.6 is 11.3 Å². The molecule has 0 spiro atoms. The molecule has 234 valence electrons. The molecule has 5 aromatic rings. The minimum absolute atomic E-state index is 0.0384. The maximum Gasteiger partial charge on any atom is 0.307 e. The first-order valence-electron chi connectivity index (χ1n) is 15.8. The Kier molecular flexibility index (Phi) is 7.55. The first-order valence-corrected chi connectivity index (χ1v) is 16.6. The Bertz CT molecular complexity index is 2050. The summed E-state index contributed by atoms with van der Waals surface area (Å²) < 4.78 is 6.28. The molecule has 1 saturated heterocycles. The van der Waals surface area contributed by atoms with Crippen LogP contribution in [0.4, 0.5) is 0 Å². The highest BCUT2D eigenvalue weighted by Gasteiger charge is 2.35. The average Bonchev–Trinajstić information content (AvgIpc) is 3.78. The molecule has 2 aliphatic heterocycles. The van der Waals surface area contributed by atoms with Crippen molar-refractivity contribution in [2.24, 2.45) is 5.92 Å². The van der Waals surface area contributed by atoms with Crippen LogP contribution in [0.3, 0.4) is 0 Å². The van der Waals surface area contributed by atoms with Gasteiger partial charge in [0.2, 0.25) is 5.89 Å². The number of nitrogens with zero attached hydrogens (tertiary/aromatic N) is 5. The van der Waals surface area contributed by atoms with Crippen LogP contribution in [-0.4, -0.2) is 57.5 Å². The molecule has 2 aliphatic rings. The summed E-state index contributed by atoms with van der Waals surface area (Å²) >= 11 is 1.81. The number of hydrogen-bond donors (Lipinski definition) is 1. The molecule has 9 heteroatoms. The maximum absolute atomic E-state index is 11.4. The lowest BCUT2D eigenvalue weighted by Crippen LogP contribution is -2.43. The zero-order chi connectivity index (χ0) is 32.3. The highest BCUT2D eigenvalue weighted by atomic mass is 32.1. The number of fused-ring (bicyclic) bond motifs is 2. The lowest BCUT2D eigenvalue weighted by molar-refractivity contribution is -0.141. The van der Waals surface area contributed by atoms with Crippen LogP contribution in [0.2, 0.25) is 0 Å². The van der Waals surface area contributed by atoms with Crippen LogP contribution in [0.15, 0.2) is 52.9 Å². The van der Waals surface area contributed by atoms with Gasteiger partial charge in [-0.2, -0.15) is 5.26 Å². The number of aliphatic carboxylic acids is 1. The number of benzene rings is 3. The van der Waals surface area contributed by atoms with E-state index in [0.717, 1.165) is 51.4 Å². The number of aromatic nitrogens is 2. The predicted octanol–water partition coefficient (Wildman–Crippen LogP) is 7.40. The second-order valence-electron chi connectivity index (χ2n) is 13.2. The number of carbonyl (C=O) groups is 1. The summed E-state index contributed by atoms with van der Waals surface area (Å²) in [5.74, 6) is -0.628. The van der Waals surface area contributed by atoms with Crippen LogP contribution in [-0.2, 0) is 23.3 Å². The number of rotatable bonds is 6. The van der Waals surface area contributed by atoms with Gasteiger partial charge in [0.05, 0.1) is 22.7 Å². The molecular weight excluding hydrogens is 595 g/mol. The Balaban J connectivity index is 1.23. The van der Waals surface area contributed by atoms with E-state index >= 15 is 0 Å². The second kappa shape index (κ2) is 11.5. The summed E-state index contributed by atoms with van der Waals surface area (Å²) in [5.41, 5.74) is 10.1. The summed E-state index contributed by atoms with van der Waals surface area (Å²) in [7, 11) is 2.19. The van der Waals surface area contributed by atoms with Gasteiger partial charge in [-0.3, -0.25) is 14.6 Å². The van der Waals surface area contributed by atoms with E-state index in [-0.39, 0.29) is 11.5 Å². The topological polar surface area (TPSA) is 106 Å². The molecule has 1 N–H and O–H groups in total. The molecular formula is C37H37N5O3S. The molecule has 0 radical (unpaired) electrons. The zero-order valence-electron chi connectivity index (χ0n) is 26.8. The van der Waals surface area contributed by atoms with Crippen molar-refractivity contribution >= 4 is 28.4 Å². The van der Waals surface area contributed by atoms with E-state index in [1.54, 1.807) is 11.3 Å². The minimum atomic E-state index is -0.754. The third-order valence-electron chi connectivity index (χ3n) is 10.0. The predicted molar refractivity (Wildman–Crippen MR) is 181 cm³/mol. The second-order valence-corrected chi connectivity index (χ2v) is 14.2. The molecule has 3 aromatic carbocycles. The molecule has 0 bridgehead atoms. The largest absolute Gasteiger partial charge is 0.481 e. The van der Waals surface area contributed by atoms with E-state index in [4.69, 9.17) is 14.4 Å². The smallest absolute Gasteiger partial charge is 0.307 e. The van der Waals surface area contributed by atoms with Gasteiger partial charge in [0, 0.05) is 42.1 Å². The van der Waals surface area contributed by atoms with Crippen molar-refractivity contribution in [3.63, 3.8) is 0 Å². The van der Waals surface area contributed by atoms with E-state index < -0.39 is 5.97 Å². The lowest BCUT2D eigenvalue weighted by Gasteiger charge is -2.38. The van der Waals surface area contributed by atoms with Gasteiger partial charge in [0.15, 0.2) is 5.58 Å². The maximum atomic E-state index is 11.4. The minimum Gasteiger partial charge on any atom is -0.481 e. The molecule has 1 fully saturated rings. The quantitative estimate of drug-likeness (QED) is 0.207. The van der Waals surface area contributed by atoms with Gasteiger partial charge in [-0.1, -0.05) is 30.3 Å². The van der Waals surface area contributed by atoms with Crippen molar-refractivity contribution in [2.45, 2.75) is 52.6 Å². The van der Waals surface area contributed by atoms with E-state index in [0.29, 0.717) is 48.6 Å². The highest BCUT2D eigenvalue weighted by molar-refractivity contribution is 7.15. The third-order valence-corrected chi connectivity index (χ3v) is 11.5. The molecule has 0 aliphatic carbocycles. The number of hydrogen-bond acceptors (Lipinski definition) is 8. The Morgan fingerprint density at radius 2 is 1.76 bits per heavy atom. The normalized spacial score (nSPS) is 18.1. The molecule has 0 amide bonds. The number of likely N-dealkylation sites (tertiary alicyclic amines) is 1. The van der Waals surface area contributed by atoms with Gasteiger partial charge in [0.1, 0.15) is 16.6 Å². The number of likely N-dealkylation sites (N-methyl/N-ethyl adjacent to an activating group) is 1. The molecule has 0 unspecified atom stereocenters. The molecule has 1 atom stereocenters. The van der Waals surface area contributed by atoms with Gasteiger partial charge in [-0.05, 0) is 93.7 Å². The van der Waals surface area contributed by atoms with E-state index in [1.807, 2.05) is 24.3 Å². The molecule has 46 heavy (non-hydrogen) atoms. The Morgan fingerprint density at radius 3 is 2.46 bits per heavy atom. The standard InChI is InChI=1S/C37H37N5O3S/c1-21-26(27-9-7-11-29(22(27)2)35-40-30-13-14-41(5)37(3,4)33(30)46-35)8-6-10-28(21)34-39-31-17-23(16-25(18-38)32(31)45-34)19-42-15-12-24(20-42)36(43)44/h6-11,16-17,24H,12-15,19-20H2,1-5H3,(H,43,44)/t24-/m1/s1. The van der Waals surface area contributed by atoms with Crippen LogP contribution in [0.1, 0.15) is 53.1 Å². The molecule has 8 nitrogen and oxygen atoms in total. The fraction of sp³-hybridized carbons (Fsp3) is 0.351. The van der Waals surface area contributed by atoms with Gasteiger partial charge in [-0.25, -0.2) is 9.97 Å². The zero-order valence-corrected chi connectivity index (χ0v) is 27.7. The van der Waals surface area contributed by atoms with Gasteiger partial charge < -0.3 is 9.52 Å². The Morgan fingerprint density at radius 1 is 1.07 bits per heavy atom. The lowest BCUT2D eigenvalue weighted by atomic mass is 9.91. The SMILES string of the molecule is Cc1c(-c2nc3cc(CN4CC[C@@H](C(=O)O)C4)cc(C#N)c3o2)cccc1-c1cccc(-c2nc3c(s2)C(C)(C)N(C)CC3)c1C. The monoisotopic (exact) mass is 631 g/mol. The fourth-order valence-corrected chi connectivity index (χ4v) is 8.33. The third kappa shape index (κ3) is 5.11. The molecule has 0 saturated carbocycles. The Hall–Kier alpha value is -4.36. The number of nitriles is 1. The van der Waals surface area contributed by atoms with Gasteiger partial charge >= 0.3 is 5.97 Å². The van der Waals surface area contributed by atoms with Crippen LogP contribution in [0.5, 0.6) is 0 Å². The summed E-state index contributed by atoms with van der Waals surface area (Å²) in [5, 5.41) is 20.4. The van der Waals surface area contributed by atoms with E-state index in [2.05, 4.69) is 74.9 Å². The van der Waals surface area contributed by atoms with Crippen molar-refractivity contribution in [3.05, 3.63) is 81.4 Å². The summed E-state index contributed by atoms with van der Waals surface area (Å²) in [6.45, 7) is 11.6. The van der Waals surface area contributed by atoms with Crippen molar-refractivity contribution in [2.75, 3.05) is 26.7 Å². The summed E-state index contributed by atoms with van der Waals surface area (Å²) in [6, 6.07) is 18.7. The summed E-state index contributed by atoms with van der Waals surface area (Å²) in [6.07, 6.45) is 1.60. The molecule has 2 aromatic heterocycles.